The highest BCUT2D eigenvalue weighted by atomic mass is 35.5. The van der Waals surface area contributed by atoms with Crippen molar-refractivity contribution in [3.63, 3.8) is 0 Å². The Morgan fingerprint density at radius 1 is 1.14 bits per heavy atom. The second-order valence-electron chi connectivity index (χ2n) is 5.49. The van der Waals surface area contributed by atoms with Crippen LogP contribution in [0.4, 0.5) is 0 Å². The first kappa shape index (κ1) is 17.3. The highest BCUT2D eigenvalue weighted by Gasteiger charge is 2.21. The molecule has 0 aliphatic carbocycles. The van der Waals surface area contributed by atoms with Crippen LogP contribution in [0.5, 0.6) is 0 Å². The van der Waals surface area contributed by atoms with Crippen LogP contribution >= 0.6 is 23.7 Å². The van der Waals surface area contributed by atoms with E-state index in [1.807, 2.05) is 18.5 Å². The monoisotopic (exact) mass is 338 g/mol. The van der Waals surface area contributed by atoms with Crippen LogP contribution < -0.4 is 5.32 Å². The third-order valence-corrected chi connectivity index (χ3v) is 4.74. The van der Waals surface area contributed by atoms with E-state index in [4.69, 9.17) is 0 Å². The molecule has 1 unspecified atom stereocenters. The van der Waals surface area contributed by atoms with E-state index in [0.717, 1.165) is 31.9 Å². The lowest BCUT2D eigenvalue weighted by Crippen LogP contribution is -2.35. The molecule has 6 heteroatoms. The first-order valence-electron chi connectivity index (χ1n) is 7.65. The van der Waals surface area contributed by atoms with Crippen LogP contribution in [0.3, 0.4) is 0 Å². The number of nitrogens with one attached hydrogen (secondary N) is 1. The fourth-order valence-corrected chi connectivity index (χ4v) is 3.53. The van der Waals surface area contributed by atoms with Crippen molar-refractivity contribution in [2.45, 2.75) is 38.4 Å². The Kier molecular flexibility index (Phi) is 7.25. The van der Waals surface area contributed by atoms with Crippen LogP contribution in [0.15, 0.2) is 36.0 Å². The molecule has 4 nitrogen and oxygen atoms in total. The number of halogens is 1. The van der Waals surface area contributed by atoms with Gasteiger partial charge in [0, 0.05) is 30.4 Å². The molecular weight excluding hydrogens is 316 g/mol. The molecule has 2 aromatic rings. The van der Waals surface area contributed by atoms with Crippen molar-refractivity contribution in [1.82, 2.24) is 20.2 Å². The number of thiazole rings is 1. The maximum atomic E-state index is 4.49. The first-order chi connectivity index (χ1) is 10.4. The maximum Gasteiger partial charge on any atom is 0.107 e. The van der Waals surface area contributed by atoms with Gasteiger partial charge in [-0.3, -0.25) is 9.88 Å². The van der Waals surface area contributed by atoms with Crippen LogP contribution in [-0.2, 0) is 13.1 Å². The van der Waals surface area contributed by atoms with Crippen molar-refractivity contribution >= 4 is 23.7 Å². The summed E-state index contributed by atoms with van der Waals surface area (Å²) in [5.41, 5.74) is 1.14. The van der Waals surface area contributed by atoms with Crippen molar-refractivity contribution in [2.75, 3.05) is 13.1 Å². The molecule has 0 amide bonds. The van der Waals surface area contributed by atoms with Gasteiger partial charge in [-0.05, 0) is 44.5 Å². The Labute approximate surface area is 142 Å². The lowest BCUT2D eigenvalue weighted by Gasteiger charge is -2.30. The lowest BCUT2D eigenvalue weighted by molar-refractivity contribution is 0.162. The third-order valence-electron chi connectivity index (χ3n) is 3.97. The molecule has 1 saturated heterocycles. The Morgan fingerprint density at radius 2 is 2.09 bits per heavy atom. The summed E-state index contributed by atoms with van der Waals surface area (Å²) in [6.07, 6.45) is 7.49. The van der Waals surface area contributed by atoms with E-state index in [9.17, 15) is 0 Å². The molecule has 1 aliphatic heterocycles. The summed E-state index contributed by atoms with van der Waals surface area (Å²) in [5.74, 6) is 0. The predicted molar refractivity (Wildman–Crippen MR) is 93.4 cm³/mol. The molecule has 0 radical (unpaired) electrons. The molecule has 3 rings (SSSR count). The van der Waals surface area contributed by atoms with E-state index >= 15 is 0 Å². The van der Waals surface area contributed by atoms with Gasteiger partial charge >= 0.3 is 0 Å². The highest BCUT2D eigenvalue weighted by Crippen LogP contribution is 2.20. The van der Waals surface area contributed by atoms with Gasteiger partial charge in [-0.25, -0.2) is 4.98 Å². The Hall–Kier alpha value is -1.01. The maximum absolute atomic E-state index is 4.49. The molecule has 2 aromatic heterocycles. The van der Waals surface area contributed by atoms with Gasteiger partial charge in [0.1, 0.15) is 5.01 Å². The van der Waals surface area contributed by atoms with Crippen LogP contribution in [0, 0.1) is 0 Å². The van der Waals surface area contributed by atoms with Crippen molar-refractivity contribution in [1.29, 1.82) is 0 Å². The zero-order valence-electron chi connectivity index (χ0n) is 12.6. The van der Waals surface area contributed by atoms with Gasteiger partial charge in [-0.2, -0.15) is 0 Å². The Balaban J connectivity index is 0.00000176. The van der Waals surface area contributed by atoms with E-state index in [1.54, 1.807) is 11.3 Å². The first-order valence-corrected chi connectivity index (χ1v) is 8.53. The zero-order valence-corrected chi connectivity index (χ0v) is 14.3. The molecule has 0 aromatic carbocycles. The predicted octanol–water partition coefficient (Wildman–Crippen LogP) is 3.10. The summed E-state index contributed by atoms with van der Waals surface area (Å²) in [6.45, 7) is 4.09. The second kappa shape index (κ2) is 9.20. The average molecular weight is 339 g/mol. The van der Waals surface area contributed by atoms with Gasteiger partial charge in [0.15, 0.2) is 0 Å². The molecule has 1 atom stereocenters. The standard InChI is InChI=1S/C16H22N4S.ClH/c1-2-8-18-14(4-1)12-20(13-16-19-10-11-21-16)15-5-3-7-17-9-6-15;/h1-2,4,8,10-11,15,17H,3,5-7,9,12-13H2;1H. The molecule has 1 aliphatic rings. The van der Waals surface area contributed by atoms with Gasteiger partial charge in [0.25, 0.3) is 0 Å². The van der Waals surface area contributed by atoms with Gasteiger partial charge < -0.3 is 5.32 Å². The third kappa shape index (κ3) is 5.02. The van der Waals surface area contributed by atoms with Gasteiger partial charge in [0.2, 0.25) is 0 Å². The topological polar surface area (TPSA) is 41.1 Å². The lowest BCUT2D eigenvalue weighted by atomic mass is 10.1. The minimum atomic E-state index is 0. The molecule has 0 bridgehead atoms. The SMILES string of the molecule is Cl.c1ccc(CN(Cc2nccs2)C2CCCNCC2)nc1. The highest BCUT2D eigenvalue weighted by molar-refractivity contribution is 7.09. The molecule has 0 saturated carbocycles. The van der Waals surface area contributed by atoms with Crippen LogP contribution in [0.1, 0.15) is 30.0 Å². The van der Waals surface area contributed by atoms with Crippen molar-refractivity contribution in [2.24, 2.45) is 0 Å². The summed E-state index contributed by atoms with van der Waals surface area (Å²) in [7, 11) is 0. The molecule has 3 heterocycles. The largest absolute Gasteiger partial charge is 0.317 e. The zero-order chi connectivity index (χ0) is 14.3. The number of hydrogen-bond acceptors (Lipinski definition) is 5. The fourth-order valence-electron chi connectivity index (χ4n) is 2.88. The fraction of sp³-hybridized carbons (Fsp3) is 0.500. The summed E-state index contributed by atoms with van der Waals surface area (Å²) < 4.78 is 0. The van der Waals surface area contributed by atoms with Crippen molar-refractivity contribution in [3.8, 4) is 0 Å². The molecule has 120 valence electrons. The van der Waals surface area contributed by atoms with E-state index in [-0.39, 0.29) is 12.4 Å². The van der Waals surface area contributed by atoms with Gasteiger partial charge in [0.05, 0.1) is 12.2 Å². The molecule has 1 N–H and O–H groups in total. The summed E-state index contributed by atoms with van der Waals surface area (Å²) >= 11 is 1.74. The molecular formula is C16H23ClN4S. The second-order valence-corrected chi connectivity index (χ2v) is 6.47. The summed E-state index contributed by atoms with van der Waals surface area (Å²) in [5, 5.41) is 6.76. The minimum Gasteiger partial charge on any atom is -0.317 e. The Morgan fingerprint density at radius 3 is 2.86 bits per heavy atom. The van der Waals surface area contributed by atoms with Crippen molar-refractivity contribution < 1.29 is 0 Å². The average Bonchev–Trinajstić information content (AvgIpc) is 2.87. The number of pyridine rings is 1. The van der Waals surface area contributed by atoms with Gasteiger partial charge in [-0.1, -0.05) is 6.07 Å². The van der Waals surface area contributed by atoms with Crippen molar-refractivity contribution in [3.05, 3.63) is 46.7 Å². The quantitative estimate of drug-likeness (QED) is 0.909. The van der Waals surface area contributed by atoms with Crippen LogP contribution in [-0.4, -0.2) is 34.0 Å². The van der Waals surface area contributed by atoms with E-state index in [1.165, 1.54) is 24.3 Å². The van der Waals surface area contributed by atoms with Gasteiger partial charge in [-0.15, -0.1) is 23.7 Å². The molecule has 22 heavy (non-hydrogen) atoms. The van der Waals surface area contributed by atoms with Crippen LogP contribution in [0.2, 0.25) is 0 Å². The van der Waals surface area contributed by atoms with Crippen LogP contribution in [0.25, 0.3) is 0 Å². The Bertz CT molecular complexity index is 512. The molecule has 0 spiro atoms. The molecule has 1 fully saturated rings. The number of rotatable bonds is 5. The normalized spacial score (nSPS) is 18.7. The summed E-state index contributed by atoms with van der Waals surface area (Å²) in [4.78, 5) is 11.5. The summed E-state index contributed by atoms with van der Waals surface area (Å²) in [6, 6.07) is 6.78. The number of aromatic nitrogens is 2. The smallest absolute Gasteiger partial charge is 0.107 e. The minimum absolute atomic E-state index is 0. The van der Waals surface area contributed by atoms with E-state index in [0.29, 0.717) is 6.04 Å². The van der Waals surface area contributed by atoms with E-state index in [2.05, 4.69) is 37.7 Å². The van der Waals surface area contributed by atoms with E-state index < -0.39 is 0 Å². The number of hydrogen-bond donors (Lipinski definition) is 1. The number of nitrogens with zero attached hydrogens (tertiary/aromatic N) is 3.